The molecule has 1 rings (SSSR count). The molecular formula is C10H15N3S. The van der Waals surface area contributed by atoms with Gasteiger partial charge in [0.2, 0.25) is 0 Å². The topological polar surface area (TPSA) is 41.6 Å². The maximum absolute atomic E-state index is 8.99. The Morgan fingerprint density at radius 2 is 2.00 bits per heavy atom. The van der Waals surface area contributed by atoms with Gasteiger partial charge in [-0.2, -0.15) is 10.4 Å². The van der Waals surface area contributed by atoms with E-state index < -0.39 is 0 Å². The molecule has 0 N–H and O–H groups in total. The van der Waals surface area contributed by atoms with Crippen molar-refractivity contribution in [1.29, 1.82) is 5.26 Å². The molecule has 0 saturated heterocycles. The predicted octanol–water partition coefficient (Wildman–Crippen LogP) is 2.49. The van der Waals surface area contributed by atoms with Gasteiger partial charge in [0.05, 0.1) is 5.69 Å². The van der Waals surface area contributed by atoms with Gasteiger partial charge in [-0.1, -0.05) is 32.5 Å². The highest BCUT2D eigenvalue weighted by molar-refractivity contribution is 8.00. The monoisotopic (exact) mass is 209 g/mol. The molecule has 0 aromatic carbocycles. The van der Waals surface area contributed by atoms with Crippen molar-refractivity contribution in [2.24, 2.45) is 7.05 Å². The van der Waals surface area contributed by atoms with Gasteiger partial charge in [0.15, 0.2) is 0 Å². The van der Waals surface area contributed by atoms with Crippen molar-refractivity contribution in [3.63, 3.8) is 0 Å². The molecule has 76 valence electrons. The molecular weight excluding hydrogens is 194 g/mol. The van der Waals surface area contributed by atoms with Crippen LogP contribution >= 0.6 is 11.8 Å². The summed E-state index contributed by atoms with van der Waals surface area (Å²) < 4.78 is 1.88. The summed E-state index contributed by atoms with van der Waals surface area (Å²) in [6, 6.07) is 2.20. The number of nitriles is 1. The lowest BCUT2D eigenvalue weighted by Crippen LogP contribution is -2.09. The second-order valence-corrected chi connectivity index (χ2v) is 6.03. The van der Waals surface area contributed by atoms with E-state index >= 15 is 0 Å². The van der Waals surface area contributed by atoms with Gasteiger partial charge in [0.1, 0.15) is 16.7 Å². The Labute approximate surface area is 89.1 Å². The van der Waals surface area contributed by atoms with Gasteiger partial charge in [-0.05, 0) is 6.92 Å². The van der Waals surface area contributed by atoms with Crippen LogP contribution in [0, 0.1) is 18.3 Å². The SMILES string of the molecule is Cc1nn(C)c(SC(C)(C)C)c1C#N. The van der Waals surface area contributed by atoms with E-state index in [1.807, 2.05) is 14.0 Å². The zero-order valence-electron chi connectivity index (χ0n) is 9.25. The van der Waals surface area contributed by atoms with Crippen LogP contribution in [0.4, 0.5) is 0 Å². The molecule has 14 heavy (non-hydrogen) atoms. The largest absolute Gasteiger partial charge is 0.260 e. The van der Waals surface area contributed by atoms with E-state index in [1.165, 1.54) is 0 Å². The third-order valence-electron chi connectivity index (χ3n) is 1.68. The first-order valence-electron chi connectivity index (χ1n) is 4.48. The molecule has 0 unspecified atom stereocenters. The van der Waals surface area contributed by atoms with Crippen LogP contribution in [0.15, 0.2) is 5.03 Å². The fraction of sp³-hybridized carbons (Fsp3) is 0.600. The molecule has 0 aliphatic rings. The maximum atomic E-state index is 8.99. The van der Waals surface area contributed by atoms with E-state index in [2.05, 4.69) is 31.9 Å². The van der Waals surface area contributed by atoms with Gasteiger partial charge >= 0.3 is 0 Å². The van der Waals surface area contributed by atoms with Crippen molar-refractivity contribution in [1.82, 2.24) is 9.78 Å². The smallest absolute Gasteiger partial charge is 0.112 e. The quantitative estimate of drug-likeness (QED) is 0.667. The van der Waals surface area contributed by atoms with Gasteiger partial charge in [0.25, 0.3) is 0 Å². The highest BCUT2D eigenvalue weighted by Gasteiger charge is 2.20. The minimum absolute atomic E-state index is 0.103. The summed E-state index contributed by atoms with van der Waals surface area (Å²) in [6.07, 6.45) is 0. The summed E-state index contributed by atoms with van der Waals surface area (Å²) >= 11 is 1.68. The van der Waals surface area contributed by atoms with Crippen molar-refractivity contribution < 1.29 is 0 Å². The number of aryl methyl sites for hydroxylation is 2. The number of rotatable bonds is 1. The standard InChI is InChI=1S/C10H15N3S/c1-7-8(6-11)9(13(5)12-7)14-10(2,3)4/h1-5H3. The fourth-order valence-electron chi connectivity index (χ4n) is 1.17. The lowest BCUT2D eigenvalue weighted by atomic mass is 10.3. The molecule has 0 fully saturated rings. The second kappa shape index (κ2) is 3.66. The van der Waals surface area contributed by atoms with Gasteiger partial charge in [0, 0.05) is 11.8 Å². The first-order valence-corrected chi connectivity index (χ1v) is 5.29. The number of hydrogen-bond donors (Lipinski definition) is 0. The molecule has 0 saturated carbocycles. The average Bonchev–Trinajstić information content (AvgIpc) is 2.24. The zero-order valence-corrected chi connectivity index (χ0v) is 10.1. The minimum Gasteiger partial charge on any atom is -0.260 e. The van der Waals surface area contributed by atoms with Gasteiger partial charge in [-0.25, -0.2) is 0 Å². The molecule has 3 nitrogen and oxygen atoms in total. The summed E-state index contributed by atoms with van der Waals surface area (Å²) in [5.74, 6) is 0. The van der Waals surface area contributed by atoms with Crippen molar-refractivity contribution in [3.05, 3.63) is 11.3 Å². The van der Waals surface area contributed by atoms with Crippen molar-refractivity contribution in [3.8, 4) is 6.07 Å². The molecule has 0 bridgehead atoms. The van der Waals surface area contributed by atoms with Crippen LogP contribution in [0.5, 0.6) is 0 Å². The molecule has 0 amide bonds. The maximum Gasteiger partial charge on any atom is 0.112 e. The van der Waals surface area contributed by atoms with Crippen LogP contribution in [0.2, 0.25) is 0 Å². The van der Waals surface area contributed by atoms with Crippen molar-refractivity contribution >= 4 is 11.8 Å². The Morgan fingerprint density at radius 3 is 2.43 bits per heavy atom. The summed E-state index contributed by atoms with van der Waals surface area (Å²) in [6.45, 7) is 8.24. The molecule has 1 aromatic heterocycles. The molecule has 0 aliphatic carbocycles. The van der Waals surface area contributed by atoms with E-state index in [0.717, 1.165) is 10.7 Å². The number of hydrogen-bond acceptors (Lipinski definition) is 3. The second-order valence-electron chi connectivity index (χ2n) is 4.22. The third kappa shape index (κ3) is 2.30. The first kappa shape index (κ1) is 11.1. The number of aromatic nitrogens is 2. The lowest BCUT2D eigenvalue weighted by molar-refractivity contribution is 0.684. The summed E-state index contributed by atoms with van der Waals surface area (Å²) in [5, 5.41) is 14.2. The Morgan fingerprint density at radius 1 is 1.43 bits per heavy atom. The molecule has 0 radical (unpaired) electrons. The van der Waals surface area contributed by atoms with Gasteiger partial charge in [-0.15, -0.1) is 0 Å². The number of thioether (sulfide) groups is 1. The van der Waals surface area contributed by atoms with Crippen LogP contribution in [0.25, 0.3) is 0 Å². The summed E-state index contributed by atoms with van der Waals surface area (Å²) in [5.41, 5.74) is 1.51. The molecule has 4 heteroatoms. The average molecular weight is 209 g/mol. The summed E-state index contributed by atoms with van der Waals surface area (Å²) in [4.78, 5) is 0. The Hall–Kier alpha value is -0.950. The molecule has 0 atom stereocenters. The van der Waals surface area contributed by atoms with Crippen LogP contribution in [0.3, 0.4) is 0 Å². The number of nitrogens with zero attached hydrogens (tertiary/aromatic N) is 3. The van der Waals surface area contributed by atoms with E-state index in [-0.39, 0.29) is 4.75 Å². The van der Waals surface area contributed by atoms with Gasteiger partial charge in [-0.3, -0.25) is 4.68 Å². The van der Waals surface area contributed by atoms with Crippen LogP contribution in [0.1, 0.15) is 32.0 Å². The molecule has 0 aliphatic heterocycles. The lowest BCUT2D eigenvalue weighted by Gasteiger charge is -2.17. The van der Waals surface area contributed by atoms with Crippen LogP contribution in [-0.4, -0.2) is 14.5 Å². The van der Waals surface area contributed by atoms with Gasteiger partial charge < -0.3 is 0 Å². The van der Waals surface area contributed by atoms with E-state index in [4.69, 9.17) is 5.26 Å². The van der Waals surface area contributed by atoms with E-state index in [1.54, 1.807) is 16.4 Å². The highest BCUT2D eigenvalue weighted by atomic mass is 32.2. The Balaban J connectivity index is 3.15. The van der Waals surface area contributed by atoms with Crippen LogP contribution < -0.4 is 0 Å². The van der Waals surface area contributed by atoms with Crippen LogP contribution in [-0.2, 0) is 7.05 Å². The van der Waals surface area contributed by atoms with E-state index in [9.17, 15) is 0 Å². The highest BCUT2D eigenvalue weighted by Crippen LogP contribution is 2.34. The van der Waals surface area contributed by atoms with Crippen molar-refractivity contribution in [2.75, 3.05) is 0 Å². The molecule has 0 spiro atoms. The predicted molar refractivity (Wildman–Crippen MR) is 58.3 cm³/mol. The molecule has 1 aromatic rings. The first-order chi connectivity index (χ1) is 6.35. The summed E-state index contributed by atoms with van der Waals surface area (Å²) in [7, 11) is 1.88. The Kier molecular flexibility index (Phi) is 2.91. The normalized spacial score (nSPS) is 11.4. The Bertz CT molecular complexity index is 379. The third-order valence-corrected chi connectivity index (χ3v) is 2.96. The zero-order chi connectivity index (χ0) is 10.9. The molecule has 1 heterocycles. The minimum atomic E-state index is 0.103. The van der Waals surface area contributed by atoms with E-state index in [0.29, 0.717) is 5.56 Å². The fourth-order valence-corrected chi connectivity index (χ4v) is 2.22. The van der Waals surface area contributed by atoms with Crippen molar-refractivity contribution in [2.45, 2.75) is 37.5 Å².